The van der Waals surface area contributed by atoms with Gasteiger partial charge in [0.2, 0.25) is 0 Å². The summed E-state index contributed by atoms with van der Waals surface area (Å²) in [5.74, 6) is 0. The summed E-state index contributed by atoms with van der Waals surface area (Å²) in [7, 11) is 1.66. The fraction of sp³-hybridized carbons (Fsp3) is 0.875. The van der Waals surface area contributed by atoms with Crippen LogP contribution in [0.3, 0.4) is 0 Å². The Labute approximate surface area is 75.8 Å². The normalized spacial score (nSPS) is 16.1. The standard InChI is InChI=1S/C6H13N3O.C2H6.H2/c1-7-6(10)9-4-2-8-3-5-9;1-2;/h8H,2-5H2,1H3,(H,7,10);1-2H3;1H. The van der Waals surface area contributed by atoms with Crippen LogP contribution in [0.15, 0.2) is 0 Å². The van der Waals surface area contributed by atoms with Crippen LogP contribution in [0.5, 0.6) is 0 Å². The summed E-state index contributed by atoms with van der Waals surface area (Å²) < 4.78 is 0. The van der Waals surface area contributed by atoms with Crippen LogP contribution in [0.4, 0.5) is 4.79 Å². The Morgan fingerprint density at radius 3 is 2.33 bits per heavy atom. The average molecular weight is 175 g/mol. The van der Waals surface area contributed by atoms with E-state index in [-0.39, 0.29) is 7.46 Å². The predicted molar refractivity (Wildman–Crippen MR) is 52.4 cm³/mol. The van der Waals surface area contributed by atoms with Gasteiger partial charge in [-0.25, -0.2) is 4.79 Å². The van der Waals surface area contributed by atoms with Crippen LogP contribution >= 0.6 is 0 Å². The van der Waals surface area contributed by atoms with E-state index in [0.717, 1.165) is 26.2 Å². The Morgan fingerprint density at radius 1 is 1.42 bits per heavy atom. The second kappa shape index (κ2) is 6.91. The molecule has 1 aliphatic rings. The van der Waals surface area contributed by atoms with Gasteiger partial charge in [-0.3, -0.25) is 0 Å². The van der Waals surface area contributed by atoms with Gasteiger partial charge in [-0.1, -0.05) is 13.8 Å². The van der Waals surface area contributed by atoms with Gasteiger partial charge in [0.05, 0.1) is 0 Å². The summed E-state index contributed by atoms with van der Waals surface area (Å²) in [6.45, 7) is 7.46. The van der Waals surface area contributed by atoms with Crippen LogP contribution in [0, 0.1) is 0 Å². The van der Waals surface area contributed by atoms with Crippen molar-refractivity contribution in [2.24, 2.45) is 0 Å². The van der Waals surface area contributed by atoms with Crippen LogP contribution in [0.25, 0.3) is 0 Å². The molecule has 1 rings (SSSR count). The number of amides is 2. The fourth-order valence-electron chi connectivity index (χ4n) is 1.03. The first-order chi connectivity index (χ1) is 5.84. The third-order valence-corrected chi connectivity index (χ3v) is 1.62. The molecule has 74 valence electrons. The SMILES string of the molecule is CC.CNC(=O)N1CCNCC1.[HH]. The highest BCUT2D eigenvalue weighted by molar-refractivity contribution is 5.73. The smallest absolute Gasteiger partial charge is 0.317 e. The van der Waals surface area contributed by atoms with Crippen molar-refractivity contribution in [1.29, 1.82) is 0 Å². The molecule has 0 bridgehead atoms. The van der Waals surface area contributed by atoms with Gasteiger partial charge >= 0.3 is 6.03 Å². The molecule has 2 N–H and O–H groups in total. The number of carbonyl (C=O) groups excluding carboxylic acids is 1. The predicted octanol–water partition coefficient (Wildman–Crippen LogP) is 0.503. The molecule has 0 unspecified atom stereocenters. The van der Waals surface area contributed by atoms with Crippen molar-refractivity contribution in [3.05, 3.63) is 0 Å². The van der Waals surface area contributed by atoms with Gasteiger partial charge in [-0.2, -0.15) is 0 Å². The number of carbonyl (C=O) groups is 1. The van der Waals surface area contributed by atoms with E-state index in [1.807, 2.05) is 13.8 Å². The summed E-state index contributed by atoms with van der Waals surface area (Å²) >= 11 is 0. The minimum absolute atomic E-state index is 0. The quantitative estimate of drug-likeness (QED) is 0.563. The van der Waals surface area contributed by atoms with E-state index in [1.165, 1.54) is 0 Å². The molecule has 2 amide bonds. The minimum Gasteiger partial charge on any atom is -0.341 e. The van der Waals surface area contributed by atoms with Crippen molar-refractivity contribution in [3.8, 4) is 0 Å². The van der Waals surface area contributed by atoms with Crippen LogP contribution in [-0.4, -0.2) is 44.2 Å². The molecule has 0 aromatic rings. The maximum atomic E-state index is 11.0. The van der Waals surface area contributed by atoms with Crippen molar-refractivity contribution in [1.82, 2.24) is 15.5 Å². The first kappa shape index (κ1) is 11.2. The van der Waals surface area contributed by atoms with Crippen LogP contribution in [-0.2, 0) is 0 Å². The summed E-state index contributed by atoms with van der Waals surface area (Å²) in [5, 5.41) is 5.77. The minimum atomic E-state index is 0. The molecule has 1 saturated heterocycles. The average Bonchev–Trinajstić information content (AvgIpc) is 2.21. The number of nitrogens with one attached hydrogen (secondary N) is 2. The Kier molecular flexibility index (Phi) is 6.47. The van der Waals surface area contributed by atoms with E-state index >= 15 is 0 Å². The molecule has 1 fully saturated rings. The zero-order valence-corrected chi connectivity index (χ0v) is 8.18. The molecule has 0 saturated carbocycles. The summed E-state index contributed by atoms with van der Waals surface area (Å²) in [6.07, 6.45) is 0. The molecule has 0 atom stereocenters. The first-order valence-electron chi connectivity index (χ1n) is 4.52. The molecule has 0 aromatic heterocycles. The molecule has 1 aliphatic heterocycles. The number of nitrogens with zero attached hydrogens (tertiary/aromatic N) is 1. The molecule has 0 aliphatic carbocycles. The molecule has 0 spiro atoms. The monoisotopic (exact) mass is 175 g/mol. The third-order valence-electron chi connectivity index (χ3n) is 1.62. The zero-order chi connectivity index (χ0) is 9.40. The van der Waals surface area contributed by atoms with Gasteiger partial charge in [-0.15, -0.1) is 0 Å². The molecule has 4 heteroatoms. The Bertz CT molecular complexity index is 127. The van der Waals surface area contributed by atoms with Gasteiger partial charge in [0.25, 0.3) is 0 Å². The van der Waals surface area contributed by atoms with E-state index in [4.69, 9.17) is 0 Å². The van der Waals surface area contributed by atoms with E-state index in [1.54, 1.807) is 11.9 Å². The maximum Gasteiger partial charge on any atom is 0.317 e. The highest BCUT2D eigenvalue weighted by atomic mass is 16.2. The van der Waals surface area contributed by atoms with Crippen molar-refractivity contribution in [2.75, 3.05) is 33.2 Å². The number of hydrogen-bond acceptors (Lipinski definition) is 2. The number of hydrogen-bond donors (Lipinski definition) is 2. The second-order valence-corrected chi connectivity index (χ2v) is 2.29. The Hall–Kier alpha value is -0.770. The lowest BCUT2D eigenvalue weighted by Gasteiger charge is -2.26. The Morgan fingerprint density at radius 2 is 1.92 bits per heavy atom. The molecule has 4 nitrogen and oxygen atoms in total. The maximum absolute atomic E-state index is 11.0. The fourth-order valence-corrected chi connectivity index (χ4v) is 1.03. The van der Waals surface area contributed by atoms with Gasteiger partial charge in [0.15, 0.2) is 0 Å². The van der Waals surface area contributed by atoms with E-state index in [2.05, 4.69) is 10.6 Å². The lowest BCUT2D eigenvalue weighted by atomic mass is 10.4. The number of piperazine rings is 1. The van der Waals surface area contributed by atoms with E-state index in [9.17, 15) is 4.79 Å². The lowest BCUT2D eigenvalue weighted by Crippen LogP contribution is -2.49. The van der Waals surface area contributed by atoms with Crippen molar-refractivity contribution >= 4 is 6.03 Å². The first-order valence-corrected chi connectivity index (χ1v) is 4.52. The van der Waals surface area contributed by atoms with Gasteiger partial charge in [0, 0.05) is 34.7 Å². The molecule has 0 aromatic carbocycles. The topological polar surface area (TPSA) is 44.4 Å². The third kappa shape index (κ3) is 3.57. The molecule has 12 heavy (non-hydrogen) atoms. The molecular formula is C8H21N3O. The van der Waals surface area contributed by atoms with Crippen LogP contribution in [0.1, 0.15) is 15.3 Å². The van der Waals surface area contributed by atoms with E-state index < -0.39 is 0 Å². The van der Waals surface area contributed by atoms with E-state index in [0.29, 0.717) is 0 Å². The van der Waals surface area contributed by atoms with Crippen LogP contribution in [0.2, 0.25) is 0 Å². The lowest BCUT2D eigenvalue weighted by molar-refractivity contribution is 0.192. The highest BCUT2D eigenvalue weighted by Gasteiger charge is 2.13. The number of rotatable bonds is 0. The van der Waals surface area contributed by atoms with Crippen molar-refractivity contribution in [2.45, 2.75) is 13.8 Å². The van der Waals surface area contributed by atoms with Gasteiger partial charge in [-0.05, 0) is 0 Å². The van der Waals surface area contributed by atoms with Crippen molar-refractivity contribution < 1.29 is 6.22 Å². The van der Waals surface area contributed by atoms with Gasteiger partial charge < -0.3 is 15.5 Å². The number of urea groups is 1. The summed E-state index contributed by atoms with van der Waals surface area (Å²) in [5.41, 5.74) is 0. The van der Waals surface area contributed by atoms with Gasteiger partial charge in [0.1, 0.15) is 0 Å². The molecule has 0 radical (unpaired) electrons. The Balaban J connectivity index is 0. The van der Waals surface area contributed by atoms with Crippen molar-refractivity contribution in [3.63, 3.8) is 0 Å². The molecule has 1 heterocycles. The highest BCUT2D eigenvalue weighted by Crippen LogP contribution is 1.90. The summed E-state index contributed by atoms with van der Waals surface area (Å²) in [6, 6.07) is 0.0292. The summed E-state index contributed by atoms with van der Waals surface area (Å²) in [4.78, 5) is 12.8. The zero-order valence-electron chi connectivity index (χ0n) is 8.18. The van der Waals surface area contributed by atoms with Crippen LogP contribution < -0.4 is 10.6 Å². The second-order valence-electron chi connectivity index (χ2n) is 2.29. The largest absolute Gasteiger partial charge is 0.341 e. The molecular weight excluding hydrogens is 154 g/mol.